The Morgan fingerprint density at radius 2 is 1.79 bits per heavy atom. The van der Waals surface area contributed by atoms with Crippen LogP contribution in [0.15, 0.2) is 30.5 Å². The number of fused-ring (bicyclic) bond motifs is 4. The number of likely N-dealkylation sites (tertiary alicyclic amines) is 1. The summed E-state index contributed by atoms with van der Waals surface area (Å²) < 4.78 is 78.6. The second kappa shape index (κ2) is 13.0. The first-order valence-corrected chi connectivity index (χ1v) is 17.6. The number of pyridine rings is 1. The Kier molecular flexibility index (Phi) is 8.52. The lowest BCUT2D eigenvalue weighted by Crippen LogP contribution is -2.59. The van der Waals surface area contributed by atoms with E-state index in [-0.39, 0.29) is 81.7 Å². The standard InChI is InChI=1S/C38H34F5N7O3/c1-2-26-29(39)6-3-22-13-25(51)14-27(30(22)26)32-31(40)33-28(16-45-32)34(49-17-23-4-5-24(18-49)50(23)35(52)38(41,42)43)47-36(46-33)53-20-37(9-10-37)19-48-11-7-21(15-44)8-12-48/h1,3,6,13-14,16,21,23-24,51H,4-5,7-12,17-20H2/t23-,24+. The number of alkyl halides is 3. The molecule has 0 radical (unpaired) electrons. The summed E-state index contributed by atoms with van der Waals surface area (Å²) in [6, 6.07) is 5.90. The van der Waals surface area contributed by atoms with E-state index in [0.29, 0.717) is 18.2 Å². The minimum absolute atomic E-state index is 0.0117. The summed E-state index contributed by atoms with van der Waals surface area (Å²) in [6.45, 7) is 2.62. The van der Waals surface area contributed by atoms with Crippen LogP contribution in [0.1, 0.15) is 44.1 Å². The van der Waals surface area contributed by atoms with E-state index < -0.39 is 35.8 Å². The molecule has 1 aliphatic carbocycles. The molecule has 274 valence electrons. The fraction of sp³-hybridized carbons (Fsp3) is 0.447. The van der Waals surface area contributed by atoms with E-state index in [1.807, 2.05) is 0 Å². The first-order chi connectivity index (χ1) is 25.4. The molecule has 1 amide bonds. The van der Waals surface area contributed by atoms with Gasteiger partial charge in [-0.3, -0.25) is 9.78 Å². The third-order valence-corrected chi connectivity index (χ3v) is 11.1. The van der Waals surface area contributed by atoms with Crippen LogP contribution in [0.4, 0.5) is 27.8 Å². The second-order valence-electron chi connectivity index (χ2n) is 14.6. The number of nitrogens with zero attached hydrogens (tertiary/aromatic N) is 7. The highest BCUT2D eigenvalue weighted by molar-refractivity contribution is 6.03. The number of terminal acetylenes is 1. The molecular weight excluding hydrogens is 697 g/mol. The van der Waals surface area contributed by atoms with Crippen LogP contribution in [-0.4, -0.2) is 93.4 Å². The largest absolute Gasteiger partial charge is 0.508 e. The van der Waals surface area contributed by atoms with Crippen LogP contribution in [0, 0.1) is 46.6 Å². The number of nitriles is 1. The number of phenols is 1. The normalized spacial score (nSPS) is 21.5. The summed E-state index contributed by atoms with van der Waals surface area (Å²) in [5.41, 5.74) is -0.756. The molecule has 2 atom stereocenters. The number of amides is 1. The molecule has 4 fully saturated rings. The van der Waals surface area contributed by atoms with Crippen LogP contribution in [0.5, 0.6) is 11.8 Å². The highest BCUT2D eigenvalue weighted by Crippen LogP contribution is 2.47. The molecule has 15 heteroatoms. The third kappa shape index (κ3) is 6.31. The van der Waals surface area contributed by atoms with Gasteiger partial charge in [-0.05, 0) is 75.2 Å². The van der Waals surface area contributed by atoms with Crippen LogP contribution in [-0.2, 0) is 4.79 Å². The zero-order valence-corrected chi connectivity index (χ0v) is 28.5. The van der Waals surface area contributed by atoms with Gasteiger partial charge in [0.2, 0.25) is 0 Å². The third-order valence-electron chi connectivity index (χ3n) is 11.1. The van der Waals surface area contributed by atoms with Gasteiger partial charge in [-0.1, -0.05) is 12.0 Å². The summed E-state index contributed by atoms with van der Waals surface area (Å²) in [5, 5.41) is 20.5. The van der Waals surface area contributed by atoms with E-state index in [0.717, 1.165) is 56.3 Å². The highest BCUT2D eigenvalue weighted by Gasteiger charge is 2.52. The lowest BCUT2D eigenvalue weighted by molar-refractivity contribution is -0.188. The van der Waals surface area contributed by atoms with Gasteiger partial charge in [0.1, 0.15) is 28.6 Å². The average molecular weight is 732 g/mol. The number of benzene rings is 2. The minimum Gasteiger partial charge on any atom is -0.508 e. The molecule has 3 aliphatic heterocycles. The minimum atomic E-state index is -5.02. The zero-order valence-electron chi connectivity index (χ0n) is 28.5. The van der Waals surface area contributed by atoms with Gasteiger partial charge < -0.3 is 24.5 Å². The first-order valence-electron chi connectivity index (χ1n) is 17.6. The summed E-state index contributed by atoms with van der Waals surface area (Å²) in [7, 11) is 0. The molecule has 4 aromatic rings. The van der Waals surface area contributed by atoms with Crippen molar-refractivity contribution in [2.45, 2.75) is 56.8 Å². The molecule has 3 saturated heterocycles. The number of hydrogen-bond acceptors (Lipinski definition) is 9. The van der Waals surface area contributed by atoms with Crippen LogP contribution in [0.25, 0.3) is 32.9 Å². The van der Waals surface area contributed by atoms with E-state index in [4.69, 9.17) is 11.2 Å². The molecule has 4 aliphatic rings. The van der Waals surface area contributed by atoms with Crippen molar-refractivity contribution in [1.82, 2.24) is 24.8 Å². The predicted molar refractivity (Wildman–Crippen MR) is 184 cm³/mol. The lowest BCUT2D eigenvalue weighted by atomic mass is 9.96. The Morgan fingerprint density at radius 3 is 2.43 bits per heavy atom. The van der Waals surface area contributed by atoms with Gasteiger partial charge in [-0.2, -0.15) is 28.4 Å². The summed E-state index contributed by atoms with van der Waals surface area (Å²) in [4.78, 5) is 30.9. The fourth-order valence-corrected chi connectivity index (χ4v) is 8.26. The number of phenolic OH excluding ortho intramolecular Hbond substituents is 1. The number of aromatic nitrogens is 3. The van der Waals surface area contributed by atoms with E-state index in [2.05, 4.69) is 31.8 Å². The monoisotopic (exact) mass is 731 g/mol. The van der Waals surface area contributed by atoms with Crippen molar-refractivity contribution in [3.05, 3.63) is 47.7 Å². The number of anilines is 1. The molecule has 2 aromatic heterocycles. The van der Waals surface area contributed by atoms with Gasteiger partial charge >= 0.3 is 18.1 Å². The van der Waals surface area contributed by atoms with Gasteiger partial charge in [0.15, 0.2) is 5.82 Å². The number of rotatable bonds is 7. The maximum atomic E-state index is 16.9. The van der Waals surface area contributed by atoms with Crippen molar-refractivity contribution in [3.8, 4) is 41.4 Å². The van der Waals surface area contributed by atoms with Gasteiger partial charge in [0.25, 0.3) is 0 Å². The molecule has 0 unspecified atom stereocenters. The Balaban J connectivity index is 1.18. The summed E-state index contributed by atoms with van der Waals surface area (Å²) in [6.07, 6.45) is 6.09. The molecule has 10 nitrogen and oxygen atoms in total. The van der Waals surface area contributed by atoms with Crippen molar-refractivity contribution in [1.29, 1.82) is 5.26 Å². The van der Waals surface area contributed by atoms with Crippen molar-refractivity contribution in [2.75, 3.05) is 44.2 Å². The Bertz CT molecular complexity index is 2210. The zero-order chi connectivity index (χ0) is 37.2. The van der Waals surface area contributed by atoms with Crippen LogP contribution in [0.2, 0.25) is 0 Å². The number of carbonyl (C=O) groups is 1. The molecule has 0 spiro atoms. The Hall–Kier alpha value is -5.28. The molecule has 53 heavy (non-hydrogen) atoms. The molecule has 2 aromatic carbocycles. The topological polar surface area (TPSA) is 119 Å². The maximum Gasteiger partial charge on any atom is 0.471 e. The van der Waals surface area contributed by atoms with Crippen molar-refractivity contribution < 1.29 is 36.6 Å². The molecule has 8 rings (SSSR count). The van der Waals surface area contributed by atoms with E-state index in [1.54, 1.807) is 4.90 Å². The number of ether oxygens (including phenoxy) is 1. The van der Waals surface area contributed by atoms with E-state index in [9.17, 15) is 32.7 Å². The predicted octanol–water partition coefficient (Wildman–Crippen LogP) is 5.95. The Labute approximate surface area is 301 Å². The summed E-state index contributed by atoms with van der Waals surface area (Å²) in [5.74, 6) is -1.19. The number of carbonyl (C=O) groups excluding carboxylic acids is 1. The average Bonchev–Trinajstić information content (AvgIpc) is 3.85. The van der Waals surface area contributed by atoms with Crippen molar-refractivity contribution in [2.24, 2.45) is 11.3 Å². The molecule has 2 bridgehead atoms. The van der Waals surface area contributed by atoms with Crippen LogP contribution in [0.3, 0.4) is 0 Å². The molecule has 5 heterocycles. The number of aromatic hydroxyl groups is 1. The number of halogens is 5. The Morgan fingerprint density at radius 1 is 1.08 bits per heavy atom. The number of piperazine rings is 1. The molecule has 1 N–H and O–H groups in total. The van der Waals surface area contributed by atoms with Gasteiger partial charge in [0, 0.05) is 48.1 Å². The van der Waals surface area contributed by atoms with Crippen molar-refractivity contribution in [3.63, 3.8) is 0 Å². The first kappa shape index (κ1) is 34.8. The van der Waals surface area contributed by atoms with Gasteiger partial charge in [-0.15, -0.1) is 6.42 Å². The van der Waals surface area contributed by atoms with E-state index in [1.165, 1.54) is 24.4 Å². The molecular formula is C38H34F5N7O3. The molecule has 1 saturated carbocycles. The van der Waals surface area contributed by atoms with Crippen LogP contribution < -0.4 is 9.64 Å². The van der Waals surface area contributed by atoms with Crippen LogP contribution >= 0.6 is 0 Å². The number of hydrogen-bond donors (Lipinski definition) is 1. The highest BCUT2D eigenvalue weighted by atomic mass is 19.4. The summed E-state index contributed by atoms with van der Waals surface area (Å²) >= 11 is 0. The second-order valence-corrected chi connectivity index (χ2v) is 14.6. The van der Waals surface area contributed by atoms with Gasteiger partial charge in [-0.25, -0.2) is 8.78 Å². The number of piperidine rings is 1. The quantitative estimate of drug-likeness (QED) is 0.182. The maximum absolute atomic E-state index is 16.9. The lowest BCUT2D eigenvalue weighted by Gasteiger charge is -2.42. The van der Waals surface area contributed by atoms with E-state index >= 15 is 4.39 Å². The van der Waals surface area contributed by atoms with Gasteiger partial charge in [0.05, 0.1) is 35.7 Å². The smallest absolute Gasteiger partial charge is 0.471 e. The van der Waals surface area contributed by atoms with Crippen molar-refractivity contribution >= 4 is 33.4 Å². The fourth-order valence-electron chi connectivity index (χ4n) is 8.26. The SMILES string of the molecule is C#Cc1c(F)ccc2cc(O)cc(-c3ncc4c(N5C[C@H]6CC[C@@H](C5)N6C(=O)C(F)(F)F)nc(OCC5(CN6CCC(C#N)CC6)CC5)nc4c3F)c12.